The summed E-state index contributed by atoms with van der Waals surface area (Å²) in [5, 5.41) is 6.81. The van der Waals surface area contributed by atoms with Crippen molar-refractivity contribution in [2.75, 3.05) is 0 Å². The number of furan rings is 1. The minimum atomic E-state index is 0.556. The molecule has 3 aromatic heterocycles. The van der Waals surface area contributed by atoms with Gasteiger partial charge in [-0.3, -0.25) is 4.57 Å². The molecule has 224 valence electrons. The lowest BCUT2D eigenvalue weighted by atomic mass is 10.00. The molecule has 5 nitrogen and oxygen atoms in total. The summed E-state index contributed by atoms with van der Waals surface area (Å²) in [5.74, 6) is 1.72. The molecule has 0 bridgehead atoms. The molecule has 10 rings (SSSR count). The highest BCUT2D eigenvalue weighted by molar-refractivity contribution is 6.11. The van der Waals surface area contributed by atoms with Crippen LogP contribution in [0.1, 0.15) is 0 Å². The van der Waals surface area contributed by atoms with E-state index in [1.807, 2.05) is 36.4 Å². The van der Waals surface area contributed by atoms with Crippen molar-refractivity contribution in [3.63, 3.8) is 0 Å². The van der Waals surface area contributed by atoms with Crippen LogP contribution in [0.3, 0.4) is 0 Å². The first-order valence-electron chi connectivity index (χ1n) is 16.0. The number of benzene rings is 7. The van der Waals surface area contributed by atoms with Gasteiger partial charge in [-0.15, -0.1) is 0 Å². The summed E-state index contributed by atoms with van der Waals surface area (Å²) < 4.78 is 8.83. The van der Waals surface area contributed by atoms with Crippen molar-refractivity contribution < 1.29 is 4.42 Å². The first kappa shape index (κ1) is 26.6. The van der Waals surface area contributed by atoms with Gasteiger partial charge in [0.05, 0.1) is 16.6 Å². The fraction of sp³-hybridized carbons (Fsp3) is 0. The summed E-state index contributed by atoms with van der Waals surface area (Å²) in [5.41, 5.74) is 7.64. The molecule has 0 radical (unpaired) electrons. The predicted molar refractivity (Wildman–Crippen MR) is 195 cm³/mol. The molecule has 3 heterocycles. The fourth-order valence-corrected chi connectivity index (χ4v) is 6.96. The van der Waals surface area contributed by atoms with E-state index < -0.39 is 0 Å². The van der Waals surface area contributed by atoms with Crippen molar-refractivity contribution in [2.45, 2.75) is 0 Å². The van der Waals surface area contributed by atoms with E-state index in [4.69, 9.17) is 19.4 Å². The molecule has 48 heavy (non-hydrogen) atoms. The lowest BCUT2D eigenvalue weighted by Gasteiger charge is -2.11. The molecule has 0 saturated heterocycles. The van der Waals surface area contributed by atoms with E-state index in [2.05, 4.69) is 126 Å². The molecule has 0 N–H and O–H groups in total. The second-order valence-electron chi connectivity index (χ2n) is 12.1. The lowest BCUT2D eigenvalue weighted by Crippen LogP contribution is -2.06. The summed E-state index contributed by atoms with van der Waals surface area (Å²) in [6.45, 7) is 0. The van der Waals surface area contributed by atoms with Gasteiger partial charge >= 0.3 is 0 Å². The Balaban J connectivity index is 1.19. The van der Waals surface area contributed by atoms with E-state index in [1.54, 1.807) is 0 Å². The van der Waals surface area contributed by atoms with E-state index >= 15 is 0 Å². The maximum atomic E-state index is 6.70. The second kappa shape index (κ2) is 10.5. The zero-order chi connectivity index (χ0) is 31.6. The summed E-state index contributed by atoms with van der Waals surface area (Å²) in [4.78, 5) is 15.3. The van der Waals surface area contributed by atoms with Crippen LogP contribution >= 0.6 is 0 Å². The Morgan fingerprint density at radius 3 is 1.88 bits per heavy atom. The molecule has 0 aliphatic rings. The van der Waals surface area contributed by atoms with E-state index in [0.29, 0.717) is 17.6 Å². The monoisotopic (exact) mass is 614 g/mol. The normalized spacial score (nSPS) is 11.8. The molecule has 0 unspecified atom stereocenters. The van der Waals surface area contributed by atoms with E-state index in [-0.39, 0.29) is 0 Å². The first-order chi connectivity index (χ1) is 23.8. The molecule has 0 saturated carbocycles. The van der Waals surface area contributed by atoms with Crippen LogP contribution in [0.2, 0.25) is 0 Å². The van der Waals surface area contributed by atoms with Gasteiger partial charge in [0.1, 0.15) is 11.2 Å². The second-order valence-corrected chi connectivity index (χ2v) is 12.1. The summed E-state index contributed by atoms with van der Waals surface area (Å²) >= 11 is 0. The largest absolute Gasteiger partial charge is 0.455 e. The smallest absolute Gasteiger partial charge is 0.238 e. The topological polar surface area (TPSA) is 56.7 Å². The van der Waals surface area contributed by atoms with Crippen LogP contribution in [-0.4, -0.2) is 19.5 Å². The highest BCUT2D eigenvalue weighted by Crippen LogP contribution is 2.38. The van der Waals surface area contributed by atoms with Crippen LogP contribution in [0, 0.1) is 0 Å². The van der Waals surface area contributed by atoms with Gasteiger partial charge in [-0.25, -0.2) is 4.98 Å². The minimum Gasteiger partial charge on any atom is -0.455 e. The number of rotatable bonds is 4. The van der Waals surface area contributed by atoms with Crippen LogP contribution in [-0.2, 0) is 0 Å². The Morgan fingerprint density at radius 1 is 0.417 bits per heavy atom. The number of aromatic nitrogens is 4. The summed E-state index contributed by atoms with van der Waals surface area (Å²) in [6.07, 6.45) is 0. The van der Waals surface area contributed by atoms with E-state index in [0.717, 1.165) is 66.0 Å². The van der Waals surface area contributed by atoms with Crippen LogP contribution < -0.4 is 0 Å². The highest BCUT2D eigenvalue weighted by atomic mass is 16.3. The van der Waals surface area contributed by atoms with Crippen molar-refractivity contribution in [3.8, 4) is 39.9 Å². The van der Waals surface area contributed by atoms with Crippen molar-refractivity contribution in [3.05, 3.63) is 158 Å². The number of para-hydroxylation sites is 3. The third-order valence-electron chi connectivity index (χ3n) is 9.26. The Labute approximate surface area is 275 Å². The zero-order valence-electron chi connectivity index (χ0n) is 25.7. The minimum absolute atomic E-state index is 0.556. The highest BCUT2D eigenvalue weighted by Gasteiger charge is 2.20. The van der Waals surface area contributed by atoms with Gasteiger partial charge in [0, 0.05) is 27.1 Å². The number of hydrogen-bond acceptors (Lipinski definition) is 4. The third-order valence-corrected chi connectivity index (χ3v) is 9.26. The van der Waals surface area contributed by atoms with Gasteiger partial charge in [0.2, 0.25) is 5.95 Å². The SMILES string of the molecule is c1ccc(-c2nc(-c3cccc4c3oc3cc(-c5ccc6ccccc6c5)ccc34)nc(-n3c4ccccc4c4ccccc43)n2)cc1. The molecule has 10 aromatic rings. The Hall–Kier alpha value is -6.59. The molecule has 0 amide bonds. The van der Waals surface area contributed by atoms with Crippen LogP contribution in [0.15, 0.2) is 162 Å². The van der Waals surface area contributed by atoms with Crippen LogP contribution in [0.5, 0.6) is 0 Å². The van der Waals surface area contributed by atoms with Crippen molar-refractivity contribution in [2.24, 2.45) is 0 Å². The zero-order valence-corrected chi connectivity index (χ0v) is 25.7. The van der Waals surface area contributed by atoms with Gasteiger partial charge in [-0.2, -0.15) is 9.97 Å². The molecule has 7 aromatic carbocycles. The quantitative estimate of drug-likeness (QED) is 0.198. The lowest BCUT2D eigenvalue weighted by molar-refractivity contribution is 0.669. The third kappa shape index (κ3) is 4.15. The van der Waals surface area contributed by atoms with Crippen molar-refractivity contribution in [1.82, 2.24) is 19.5 Å². The Bertz CT molecular complexity index is 2800. The Kier molecular flexibility index (Phi) is 5.81. The molecule has 0 aliphatic carbocycles. The van der Waals surface area contributed by atoms with E-state index in [9.17, 15) is 0 Å². The predicted octanol–water partition coefficient (Wildman–Crippen LogP) is 11.0. The van der Waals surface area contributed by atoms with Crippen LogP contribution in [0.4, 0.5) is 0 Å². The number of nitrogens with zero attached hydrogens (tertiary/aromatic N) is 4. The van der Waals surface area contributed by atoms with E-state index in [1.165, 1.54) is 10.8 Å². The van der Waals surface area contributed by atoms with Gasteiger partial charge in [0.15, 0.2) is 11.6 Å². The summed E-state index contributed by atoms with van der Waals surface area (Å²) in [7, 11) is 0. The number of fused-ring (bicyclic) bond motifs is 7. The van der Waals surface area contributed by atoms with Gasteiger partial charge in [-0.1, -0.05) is 121 Å². The molecular formula is C43H26N4O. The standard InChI is InChI=1S/C43H26N4O/c1-2-12-28(13-3-1)41-44-42(46-43(45-41)47-37-19-8-6-15-32(37)33-16-7-9-20-38(33)47)36-18-10-17-35-34-24-23-31(26-39(34)48-40(35)36)30-22-21-27-11-4-5-14-29(27)25-30/h1-26H. The average Bonchev–Trinajstić information content (AvgIpc) is 3.70. The molecule has 0 atom stereocenters. The van der Waals surface area contributed by atoms with Gasteiger partial charge in [-0.05, 0) is 58.3 Å². The van der Waals surface area contributed by atoms with Crippen LogP contribution in [0.25, 0.3) is 94.4 Å². The number of hydrogen-bond donors (Lipinski definition) is 0. The molecule has 0 spiro atoms. The average molecular weight is 615 g/mol. The maximum Gasteiger partial charge on any atom is 0.238 e. The van der Waals surface area contributed by atoms with Crippen molar-refractivity contribution in [1.29, 1.82) is 0 Å². The van der Waals surface area contributed by atoms with Gasteiger partial charge in [0.25, 0.3) is 0 Å². The summed E-state index contributed by atoms with van der Waals surface area (Å²) in [6, 6.07) is 54.5. The maximum absolute atomic E-state index is 6.70. The Morgan fingerprint density at radius 2 is 1.06 bits per heavy atom. The molecular weight excluding hydrogens is 589 g/mol. The molecule has 0 aliphatic heterocycles. The molecule has 5 heteroatoms. The molecule has 0 fully saturated rings. The first-order valence-corrected chi connectivity index (χ1v) is 16.0. The fourth-order valence-electron chi connectivity index (χ4n) is 6.96. The van der Waals surface area contributed by atoms with Gasteiger partial charge < -0.3 is 4.42 Å². The van der Waals surface area contributed by atoms with Crippen molar-refractivity contribution >= 4 is 54.5 Å².